The van der Waals surface area contributed by atoms with Gasteiger partial charge in [-0.15, -0.1) is 0 Å². The third-order valence-corrected chi connectivity index (χ3v) is 3.78. The Morgan fingerprint density at radius 1 is 1.17 bits per heavy atom. The van der Waals surface area contributed by atoms with Crippen molar-refractivity contribution in [3.05, 3.63) is 35.4 Å². The smallest absolute Gasteiger partial charge is 0.341 e. The van der Waals surface area contributed by atoms with Gasteiger partial charge in [0.05, 0.1) is 11.5 Å². The molecule has 1 aliphatic rings. The first kappa shape index (κ1) is 18.4. The monoisotopic (exact) mass is 336 g/mol. The average Bonchev–Trinajstić information content (AvgIpc) is 2.57. The summed E-state index contributed by atoms with van der Waals surface area (Å²) in [5.74, 6) is -1.18. The van der Waals surface area contributed by atoms with Gasteiger partial charge < -0.3 is 14.7 Å². The van der Waals surface area contributed by atoms with E-state index in [-0.39, 0.29) is 12.7 Å². The van der Waals surface area contributed by atoms with Crippen molar-refractivity contribution in [1.82, 2.24) is 9.96 Å². The third-order valence-electron chi connectivity index (χ3n) is 3.78. The first-order valence-electron chi connectivity index (χ1n) is 8.04. The number of rotatable bonds is 6. The first-order chi connectivity index (χ1) is 11.5. The lowest BCUT2D eigenvalue weighted by atomic mass is 10.1. The molecule has 2 rings (SSSR count). The van der Waals surface area contributed by atoms with Gasteiger partial charge in [-0.25, -0.2) is 4.79 Å². The molecule has 1 saturated heterocycles. The van der Waals surface area contributed by atoms with E-state index in [2.05, 4.69) is 4.90 Å². The Kier molecular flexibility index (Phi) is 6.72. The van der Waals surface area contributed by atoms with Crippen LogP contribution in [0.15, 0.2) is 24.3 Å². The second-order valence-electron chi connectivity index (χ2n) is 6.10. The van der Waals surface area contributed by atoms with Crippen LogP contribution < -0.4 is 0 Å². The van der Waals surface area contributed by atoms with Crippen LogP contribution >= 0.6 is 0 Å². The van der Waals surface area contributed by atoms with E-state index < -0.39 is 11.9 Å². The number of carbonyl (C=O) groups is 2. The predicted molar refractivity (Wildman–Crippen MR) is 86.3 cm³/mol. The van der Waals surface area contributed by atoms with E-state index in [4.69, 9.17) is 9.47 Å². The highest BCUT2D eigenvalue weighted by atomic mass is 16.7. The van der Waals surface area contributed by atoms with Crippen LogP contribution in [0.5, 0.6) is 0 Å². The number of esters is 2. The second kappa shape index (κ2) is 8.77. The minimum Gasteiger partial charge on any atom is -0.428 e. The van der Waals surface area contributed by atoms with E-state index in [1.165, 1.54) is 5.06 Å². The molecular formula is C17H24N2O5. The first-order valence-corrected chi connectivity index (χ1v) is 8.04. The molecule has 1 aliphatic heterocycles. The molecule has 1 fully saturated rings. The maximum Gasteiger partial charge on any atom is 0.341 e. The van der Waals surface area contributed by atoms with Crippen molar-refractivity contribution >= 4 is 11.9 Å². The molecule has 0 aliphatic carbocycles. The van der Waals surface area contributed by atoms with Gasteiger partial charge in [-0.3, -0.25) is 9.69 Å². The summed E-state index contributed by atoms with van der Waals surface area (Å²) < 4.78 is 9.81. The fourth-order valence-electron chi connectivity index (χ4n) is 2.34. The molecule has 7 nitrogen and oxygen atoms in total. The van der Waals surface area contributed by atoms with Crippen LogP contribution in [0.1, 0.15) is 29.8 Å². The van der Waals surface area contributed by atoms with E-state index in [9.17, 15) is 14.8 Å². The fourth-order valence-corrected chi connectivity index (χ4v) is 2.34. The molecule has 24 heavy (non-hydrogen) atoms. The molecular weight excluding hydrogens is 312 g/mol. The number of piperazine rings is 1. The fraction of sp³-hybridized carbons (Fsp3) is 0.529. The number of hydrogen-bond acceptors (Lipinski definition) is 7. The molecule has 132 valence electrons. The van der Waals surface area contributed by atoms with Crippen molar-refractivity contribution in [2.45, 2.75) is 20.4 Å². The quantitative estimate of drug-likeness (QED) is 0.623. The highest BCUT2D eigenvalue weighted by Crippen LogP contribution is 2.11. The minimum atomic E-state index is -0.520. The average molecular weight is 336 g/mol. The van der Waals surface area contributed by atoms with E-state index in [0.717, 1.165) is 18.7 Å². The molecule has 0 atom stereocenters. The maximum absolute atomic E-state index is 12.0. The number of hydrogen-bond donors (Lipinski definition) is 1. The van der Waals surface area contributed by atoms with Crippen LogP contribution in [0.3, 0.4) is 0 Å². The third kappa shape index (κ3) is 5.59. The van der Waals surface area contributed by atoms with Crippen molar-refractivity contribution in [1.29, 1.82) is 0 Å². The molecule has 1 aromatic carbocycles. The standard InChI is InChI=1S/C17H24N2O5/c1-13(2)16(20)23-12-24-17(21)15-5-3-4-14(10-15)11-18-6-8-19(22)9-7-18/h3-5,10,13,22H,6-9,11-12H2,1-2H3. The number of benzene rings is 1. The minimum absolute atomic E-state index is 0.258. The highest BCUT2D eigenvalue weighted by molar-refractivity contribution is 5.89. The van der Waals surface area contributed by atoms with Crippen molar-refractivity contribution < 1.29 is 24.3 Å². The molecule has 0 unspecified atom stereocenters. The molecule has 0 bridgehead atoms. The summed E-state index contributed by atoms with van der Waals surface area (Å²) in [6.07, 6.45) is 0. The normalized spacial score (nSPS) is 16.2. The van der Waals surface area contributed by atoms with Crippen LogP contribution in [-0.2, 0) is 20.8 Å². The molecule has 1 aromatic rings. The molecule has 0 aromatic heterocycles. The van der Waals surface area contributed by atoms with Gasteiger partial charge in [0, 0.05) is 32.7 Å². The summed E-state index contributed by atoms with van der Waals surface area (Å²) in [6, 6.07) is 7.19. The Balaban J connectivity index is 1.85. The lowest BCUT2D eigenvalue weighted by Gasteiger charge is -2.31. The van der Waals surface area contributed by atoms with Crippen molar-refractivity contribution in [3.8, 4) is 0 Å². The summed E-state index contributed by atoms with van der Waals surface area (Å²) in [5.41, 5.74) is 1.42. The number of hydroxylamine groups is 2. The van der Waals surface area contributed by atoms with E-state index in [0.29, 0.717) is 25.2 Å². The van der Waals surface area contributed by atoms with Gasteiger partial charge in [-0.1, -0.05) is 26.0 Å². The molecule has 7 heteroatoms. The van der Waals surface area contributed by atoms with E-state index >= 15 is 0 Å². The Labute approximate surface area is 141 Å². The predicted octanol–water partition coefficient (Wildman–Crippen LogP) is 1.51. The lowest BCUT2D eigenvalue weighted by Crippen LogP contribution is -2.44. The van der Waals surface area contributed by atoms with Crippen LogP contribution in [0.4, 0.5) is 0 Å². The summed E-state index contributed by atoms with van der Waals surface area (Å²) in [7, 11) is 0. The van der Waals surface area contributed by atoms with Gasteiger partial charge in [0.15, 0.2) is 0 Å². The van der Waals surface area contributed by atoms with Crippen LogP contribution in [-0.4, -0.2) is 60.1 Å². The highest BCUT2D eigenvalue weighted by Gasteiger charge is 2.16. The number of nitrogens with zero attached hydrogens (tertiary/aromatic N) is 2. The number of carbonyl (C=O) groups excluding carboxylic acids is 2. The maximum atomic E-state index is 12.0. The zero-order valence-electron chi connectivity index (χ0n) is 14.1. The Morgan fingerprint density at radius 2 is 1.88 bits per heavy atom. The topological polar surface area (TPSA) is 79.3 Å². The molecule has 0 amide bonds. The molecule has 1 heterocycles. The Bertz CT molecular complexity index is 568. The van der Waals surface area contributed by atoms with E-state index in [1.807, 2.05) is 6.07 Å². The Morgan fingerprint density at radius 3 is 2.54 bits per heavy atom. The second-order valence-corrected chi connectivity index (χ2v) is 6.10. The van der Waals surface area contributed by atoms with Gasteiger partial charge in [0.1, 0.15) is 0 Å². The van der Waals surface area contributed by atoms with Gasteiger partial charge in [-0.2, -0.15) is 5.06 Å². The van der Waals surface area contributed by atoms with Crippen molar-refractivity contribution in [2.75, 3.05) is 33.0 Å². The van der Waals surface area contributed by atoms with Crippen molar-refractivity contribution in [3.63, 3.8) is 0 Å². The van der Waals surface area contributed by atoms with Gasteiger partial charge in [-0.05, 0) is 17.7 Å². The van der Waals surface area contributed by atoms with E-state index in [1.54, 1.807) is 32.0 Å². The summed E-state index contributed by atoms with van der Waals surface area (Å²) in [6.45, 7) is 6.53. The van der Waals surface area contributed by atoms with Crippen LogP contribution in [0.2, 0.25) is 0 Å². The molecule has 0 spiro atoms. The van der Waals surface area contributed by atoms with Gasteiger partial charge in [0.25, 0.3) is 0 Å². The SMILES string of the molecule is CC(C)C(=O)OCOC(=O)c1cccc(CN2CCN(O)CC2)c1. The van der Waals surface area contributed by atoms with Gasteiger partial charge >= 0.3 is 11.9 Å². The molecule has 0 saturated carbocycles. The summed E-state index contributed by atoms with van der Waals surface area (Å²) in [4.78, 5) is 25.5. The van der Waals surface area contributed by atoms with Crippen LogP contribution in [0, 0.1) is 5.92 Å². The molecule has 1 N–H and O–H groups in total. The molecule has 0 radical (unpaired) electrons. The number of ether oxygens (including phenoxy) is 2. The zero-order chi connectivity index (χ0) is 17.5. The van der Waals surface area contributed by atoms with Crippen molar-refractivity contribution in [2.24, 2.45) is 5.92 Å². The summed E-state index contributed by atoms with van der Waals surface area (Å²) in [5, 5.41) is 10.7. The zero-order valence-corrected chi connectivity index (χ0v) is 14.1. The largest absolute Gasteiger partial charge is 0.428 e. The van der Waals surface area contributed by atoms with Gasteiger partial charge in [0.2, 0.25) is 6.79 Å². The summed E-state index contributed by atoms with van der Waals surface area (Å²) >= 11 is 0. The lowest BCUT2D eigenvalue weighted by molar-refractivity contribution is -0.155. The Hall–Kier alpha value is -1.96. The van der Waals surface area contributed by atoms with Crippen LogP contribution in [0.25, 0.3) is 0 Å².